The van der Waals surface area contributed by atoms with Gasteiger partial charge in [-0.05, 0) is 86.7 Å². The lowest BCUT2D eigenvalue weighted by Gasteiger charge is -2.43. The Labute approximate surface area is 167 Å². The number of aryl methyl sites for hydroxylation is 1. The van der Waals surface area contributed by atoms with Crippen LogP contribution in [-0.4, -0.2) is 12.1 Å². The quantitative estimate of drug-likeness (QED) is 0.445. The van der Waals surface area contributed by atoms with Gasteiger partial charge in [0.2, 0.25) is 0 Å². The topological polar surface area (TPSA) is 27.0 Å². The van der Waals surface area contributed by atoms with Gasteiger partial charge >= 0.3 is 0 Å². The number of nitriles is 1. The van der Waals surface area contributed by atoms with Crippen molar-refractivity contribution >= 4 is 22.9 Å². The van der Waals surface area contributed by atoms with Crippen LogP contribution in [0.1, 0.15) is 56.4 Å². The first kappa shape index (κ1) is 19.9. The number of fused-ring (bicyclic) bond motifs is 1. The fourth-order valence-electron chi connectivity index (χ4n) is 4.00. The lowest BCUT2D eigenvalue weighted by Crippen LogP contribution is -2.45. The first-order valence-electron chi connectivity index (χ1n) is 9.76. The molecule has 0 N–H and O–H groups in total. The highest BCUT2D eigenvalue weighted by atomic mass is 19.1. The van der Waals surface area contributed by atoms with Crippen LogP contribution in [0, 0.1) is 24.1 Å². The van der Waals surface area contributed by atoms with Crippen molar-refractivity contribution in [3.8, 4) is 6.07 Å². The highest BCUT2D eigenvalue weighted by Crippen LogP contribution is 2.40. The first-order valence-corrected chi connectivity index (χ1v) is 9.76. The molecule has 3 rings (SSSR count). The van der Waals surface area contributed by atoms with Crippen LogP contribution < -0.4 is 4.90 Å². The SMILES string of the molecule is CCCN1c2cc(C)c(/C=C(\C#N)c3ccc(F)cc3)cc2C(C)=CC1(C)C. The maximum absolute atomic E-state index is 13.2. The minimum Gasteiger partial charge on any atom is -0.362 e. The minimum absolute atomic E-state index is 0.0250. The lowest BCUT2D eigenvalue weighted by molar-refractivity contribution is 0.550. The molecule has 1 heterocycles. The molecule has 2 nitrogen and oxygen atoms in total. The van der Waals surface area contributed by atoms with E-state index in [2.05, 4.69) is 63.8 Å². The Balaban J connectivity index is 2.12. The third kappa shape index (κ3) is 3.73. The van der Waals surface area contributed by atoms with Crippen molar-refractivity contribution in [3.63, 3.8) is 0 Å². The summed E-state index contributed by atoms with van der Waals surface area (Å²) >= 11 is 0. The normalized spacial score (nSPS) is 15.7. The van der Waals surface area contributed by atoms with E-state index in [9.17, 15) is 9.65 Å². The maximum atomic E-state index is 13.2. The predicted octanol–water partition coefficient (Wildman–Crippen LogP) is 6.61. The van der Waals surface area contributed by atoms with Crippen molar-refractivity contribution in [3.05, 3.63) is 70.5 Å². The van der Waals surface area contributed by atoms with E-state index in [1.54, 1.807) is 12.1 Å². The molecule has 1 aliphatic rings. The van der Waals surface area contributed by atoms with E-state index in [0.29, 0.717) is 5.57 Å². The Kier molecular flexibility index (Phi) is 5.42. The number of halogens is 1. The summed E-state index contributed by atoms with van der Waals surface area (Å²) in [6.45, 7) is 11.9. The third-order valence-corrected chi connectivity index (χ3v) is 5.39. The van der Waals surface area contributed by atoms with Crippen LogP contribution in [-0.2, 0) is 0 Å². The molecule has 0 spiro atoms. The fourth-order valence-corrected chi connectivity index (χ4v) is 4.00. The van der Waals surface area contributed by atoms with Crippen molar-refractivity contribution in [2.75, 3.05) is 11.4 Å². The number of rotatable bonds is 4. The van der Waals surface area contributed by atoms with Crippen LogP contribution in [0.2, 0.25) is 0 Å². The van der Waals surface area contributed by atoms with E-state index in [-0.39, 0.29) is 11.4 Å². The molecule has 3 heteroatoms. The summed E-state index contributed by atoms with van der Waals surface area (Å²) in [5.74, 6) is -0.301. The number of anilines is 1. The van der Waals surface area contributed by atoms with Crippen LogP contribution >= 0.6 is 0 Å². The van der Waals surface area contributed by atoms with E-state index in [1.807, 2.05) is 6.08 Å². The van der Waals surface area contributed by atoms with Gasteiger partial charge in [-0.15, -0.1) is 0 Å². The summed E-state index contributed by atoms with van der Waals surface area (Å²) in [7, 11) is 0. The van der Waals surface area contributed by atoms with Gasteiger partial charge in [-0.1, -0.05) is 25.1 Å². The standard InChI is InChI=1S/C25H27FN2/c1-6-11-28-24-12-17(2)20(14-23(24)18(3)15-25(28,4)5)13-21(16-27)19-7-9-22(26)10-8-19/h7-10,12-15H,6,11H2,1-5H3/b21-13+. The molecule has 1 aliphatic heterocycles. The van der Waals surface area contributed by atoms with Gasteiger partial charge in [0.1, 0.15) is 5.82 Å². The molecule has 2 aromatic carbocycles. The van der Waals surface area contributed by atoms with Gasteiger partial charge in [-0.2, -0.15) is 5.26 Å². The van der Waals surface area contributed by atoms with Crippen molar-refractivity contribution in [1.29, 1.82) is 5.26 Å². The van der Waals surface area contributed by atoms with Gasteiger partial charge < -0.3 is 4.90 Å². The van der Waals surface area contributed by atoms with Crippen LogP contribution in [0.5, 0.6) is 0 Å². The van der Waals surface area contributed by atoms with Gasteiger partial charge in [0.25, 0.3) is 0 Å². The summed E-state index contributed by atoms with van der Waals surface area (Å²) in [5, 5.41) is 9.64. The van der Waals surface area contributed by atoms with Crippen molar-refractivity contribution in [2.24, 2.45) is 0 Å². The van der Waals surface area contributed by atoms with E-state index in [4.69, 9.17) is 0 Å². The summed E-state index contributed by atoms with van der Waals surface area (Å²) < 4.78 is 13.2. The molecule has 0 saturated carbocycles. The van der Waals surface area contributed by atoms with Crippen molar-refractivity contribution in [1.82, 2.24) is 0 Å². The zero-order chi connectivity index (χ0) is 20.5. The number of benzene rings is 2. The molecule has 0 aromatic heterocycles. The second kappa shape index (κ2) is 7.64. The van der Waals surface area contributed by atoms with E-state index >= 15 is 0 Å². The van der Waals surface area contributed by atoms with Gasteiger partial charge in [0.05, 0.1) is 17.2 Å². The smallest absolute Gasteiger partial charge is 0.123 e. The third-order valence-electron chi connectivity index (χ3n) is 5.39. The first-order chi connectivity index (χ1) is 13.3. The van der Waals surface area contributed by atoms with Crippen molar-refractivity contribution in [2.45, 2.75) is 46.6 Å². The molecule has 0 radical (unpaired) electrons. The van der Waals surface area contributed by atoms with E-state index < -0.39 is 0 Å². The Morgan fingerprint density at radius 1 is 1.18 bits per heavy atom. The second-order valence-electron chi connectivity index (χ2n) is 8.04. The summed E-state index contributed by atoms with van der Waals surface area (Å²) in [6, 6.07) is 12.7. The zero-order valence-electron chi connectivity index (χ0n) is 17.3. The Hall–Kier alpha value is -2.86. The number of allylic oxidation sites excluding steroid dienone is 2. The summed E-state index contributed by atoms with van der Waals surface area (Å²) in [6.07, 6.45) is 5.30. The number of hydrogen-bond acceptors (Lipinski definition) is 2. The fraction of sp³-hybridized carbons (Fsp3) is 0.320. The van der Waals surface area contributed by atoms with Gasteiger partial charge in [-0.3, -0.25) is 0 Å². The van der Waals surface area contributed by atoms with Crippen LogP contribution in [0.4, 0.5) is 10.1 Å². The molecule has 0 bridgehead atoms. The molecule has 0 atom stereocenters. The predicted molar refractivity (Wildman–Crippen MR) is 116 cm³/mol. The largest absolute Gasteiger partial charge is 0.362 e. The lowest BCUT2D eigenvalue weighted by atomic mass is 9.86. The average Bonchev–Trinajstić information content (AvgIpc) is 2.64. The molecule has 0 fully saturated rings. The number of nitrogens with zero attached hydrogens (tertiary/aromatic N) is 2. The molecular weight excluding hydrogens is 347 g/mol. The molecule has 0 aliphatic carbocycles. The average molecular weight is 375 g/mol. The Morgan fingerprint density at radius 3 is 2.46 bits per heavy atom. The highest BCUT2D eigenvalue weighted by Gasteiger charge is 2.31. The molecule has 0 amide bonds. The maximum Gasteiger partial charge on any atom is 0.123 e. The van der Waals surface area contributed by atoms with Gasteiger partial charge in [0.15, 0.2) is 0 Å². The summed E-state index contributed by atoms with van der Waals surface area (Å²) in [5.41, 5.74) is 7.09. The van der Waals surface area contributed by atoms with Crippen LogP contribution in [0.25, 0.3) is 17.2 Å². The zero-order valence-corrected chi connectivity index (χ0v) is 17.3. The molecular formula is C25H27FN2. The van der Waals surface area contributed by atoms with Crippen molar-refractivity contribution < 1.29 is 4.39 Å². The Bertz CT molecular complexity index is 988. The monoisotopic (exact) mass is 374 g/mol. The van der Waals surface area contributed by atoms with E-state index in [0.717, 1.165) is 29.7 Å². The van der Waals surface area contributed by atoms with Gasteiger partial charge in [0, 0.05) is 17.8 Å². The molecule has 28 heavy (non-hydrogen) atoms. The molecule has 144 valence electrons. The molecule has 0 unspecified atom stereocenters. The summed E-state index contributed by atoms with van der Waals surface area (Å²) in [4.78, 5) is 2.46. The van der Waals surface area contributed by atoms with Crippen LogP contribution in [0.3, 0.4) is 0 Å². The molecule has 0 saturated heterocycles. The minimum atomic E-state index is -0.301. The Morgan fingerprint density at radius 2 is 1.86 bits per heavy atom. The van der Waals surface area contributed by atoms with E-state index in [1.165, 1.54) is 29.0 Å². The van der Waals surface area contributed by atoms with Gasteiger partial charge in [-0.25, -0.2) is 4.39 Å². The molecule has 2 aromatic rings. The number of hydrogen-bond donors (Lipinski definition) is 0. The van der Waals surface area contributed by atoms with Crippen LogP contribution in [0.15, 0.2) is 42.5 Å². The second-order valence-corrected chi connectivity index (χ2v) is 8.04. The highest BCUT2D eigenvalue weighted by molar-refractivity contribution is 5.92.